The van der Waals surface area contributed by atoms with Crippen LogP contribution < -0.4 is 9.64 Å². The molecule has 0 aromatic heterocycles. The second-order valence-electron chi connectivity index (χ2n) is 9.98. The molecule has 2 saturated heterocycles. The zero-order chi connectivity index (χ0) is 26.7. The van der Waals surface area contributed by atoms with Crippen LogP contribution in [0.1, 0.15) is 37.0 Å². The summed E-state index contributed by atoms with van der Waals surface area (Å²) >= 11 is 12.1. The number of benzene rings is 2. The van der Waals surface area contributed by atoms with Gasteiger partial charge in [-0.05, 0) is 75.2 Å². The molecule has 37 heavy (non-hydrogen) atoms. The SMILES string of the molecule is [C-]#[N+]c1ccc(N2C(=O)C(C)(C)N(CCCOc3ccc(CN4CCOCC4)cc3C)C2=S)c(C)c1Cl. The molecule has 0 saturated carbocycles. The number of anilines is 1. The van der Waals surface area contributed by atoms with E-state index in [2.05, 4.69) is 28.8 Å². The molecule has 196 valence electrons. The monoisotopic (exact) mass is 540 g/mol. The summed E-state index contributed by atoms with van der Waals surface area (Å²) in [6.45, 7) is 20.4. The highest BCUT2D eigenvalue weighted by molar-refractivity contribution is 7.80. The molecule has 2 heterocycles. The number of carbonyl (C=O) groups excluding carboxylic acids is 1. The fraction of sp³-hybridized carbons (Fsp3) is 0.464. The lowest BCUT2D eigenvalue weighted by atomic mass is 10.0. The second-order valence-corrected chi connectivity index (χ2v) is 10.7. The maximum absolute atomic E-state index is 13.4. The molecular formula is C28H33ClN4O3S. The number of rotatable bonds is 8. The molecular weight excluding hydrogens is 508 g/mol. The van der Waals surface area contributed by atoms with Crippen molar-refractivity contribution in [2.45, 2.75) is 46.2 Å². The Labute approximate surface area is 229 Å². The molecule has 0 radical (unpaired) electrons. The van der Waals surface area contributed by atoms with Gasteiger partial charge in [0.05, 0.1) is 37.1 Å². The molecule has 2 aliphatic heterocycles. The van der Waals surface area contributed by atoms with E-state index < -0.39 is 5.54 Å². The standard InChI is InChI=1S/C28H33ClN4O3S/c1-19-17-21(18-31-12-15-35-16-13-31)7-10-24(19)36-14-6-11-32-27(37)33(26(34)28(32,3)4)23-9-8-22(30-5)25(29)20(23)2/h7-10,17H,6,11-16,18H2,1-4H3. The van der Waals surface area contributed by atoms with Crippen molar-refractivity contribution in [3.63, 3.8) is 0 Å². The number of hydrogen-bond acceptors (Lipinski definition) is 5. The van der Waals surface area contributed by atoms with Crippen LogP contribution in [0.25, 0.3) is 4.85 Å². The highest BCUT2D eigenvalue weighted by Crippen LogP contribution is 2.39. The number of ether oxygens (including phenoxy) is 2. The Morgan fingerprint density at radius 2 is 1.92 bits per heavy atom. The van der Waals surface area contributed by atoms with Crippen LogP contribution in [0.5, 0.6) is 5.75 Å². The molecule has 0 bridgehead atoms. The van der Waals surface area contributed by atoms with Crippen LogP contribution in [0.15, 0.2) is 30.3 Å². The Kier molecular flexibility index (Phi) is 8.39. The number of carbonyl (C=O) groups is 1. The van der Waals surface area contributed by atoms with Crippen molar-refractivity contribution in [3.05, 3.63) is 63.5 Å². The van der Waals surface area contributed by atoms with Gasteiger partial charge in [-0.2, -0.15) is 0 Å². The molecule has 0 N–H and O–H groups in total. The summed E-state index contributed by atoms with van der Waals surface area (Å²) in [5.41, 5.74) is 3.23. The van der Waals surface area contributed by atoms with Crippen LogP contribution in [0.2, 0.25) is 5.02 Å². The van der Waals surface area contributed by atoms with Crippen LogP contribution in [0, 0.1) is 20.4 Å². The number of thiocarbonyl (C=S) groups is 1. The Bertz CT molecular complexity index is 1240. The van der Waals surface area contributed by atoms with Gasteiger partial charge in [-0.15, -0.1) is 0 Å². The van der Waals surface area contributed by atoms with Crippen LogP contribution in [0.3, 0.4) is 0 Å². The van der Waals surface area contributed by atoms with Crippen molar-refractivity contribution in [2.24, 2.45) is 0 Å². The summed E-state index contributed by atoms with van der Waals surface area (Å²) in [6, 6.07) is 9.73. The summed E-state index contributed by atoms with van der Waals surface area (Å²) in [4.78, 5) is 22.7. The van der Waals surface area contributed by atoms with Gasteiger partial charge in [0.2, 0.25) is 5.69 Å². The Hall–Kier alpha value is -2.70. The summed E-state index contributed by atoms with van der Waals surface area (Å²) in [5.74, 6) is 0.761. The van der Waals surface area contributed by atoms with E-state index in [0.717, 1.165) is 44.2 Å². The number of halogens is 1. The minimum absolute atomic E-state index is 0.111. The van der Waals surface area contributed by atoms with Gasteiger partial charge in [0.25, 0.3) is 5.91 Å². The van der Waals surface area contributed by atoms with Crippen molar-refractivity contribution < 1.29 is 14.3 Å². The zero-order valence-electron chi connectivity index (χ0n) is 21.8. The van der Waals surface area contributed by atoms with E-state index in [4.69, 9.17) is 39.9 Å². The Morgan fingerprint density at radius 3 is 2.59 bits per heavy atom. The van der Waals surface area contributed by atoms with Crippen LogP contribution in [0.4, 0.5) is 11.4 Å². The van der Waals surface area contributed by atoms with Gasteiger partial charge >= 0.3 is 0 Å². The van der Waals surface area contributed by atoms with Crippen LogP contribution >= 0.6 is 23.8 Å². The third kappa shape index (κ3) is 5.60. The summed E-state index contributed by atoms with van der Waals surface area (Å²) < 4.78 is 11.5. The van der Waals surface area contributed by atoms with E-state index in [1.807, 2.05) is 24.8 Å². The first kappa shape index (κ1) is 27.3. The van der Waals surface area contributed by atoms with E-state index in [0.29, 0.717) is 46.6 Å². The van der Waals surface area contributed by atoms with Gasteiger partial charge in [-0.3, -0.25) is 14.6 Å². The van der Waals surface area contributed by atoms with Crippen molar-refractivity contribution in [1.29, 1.82) is 0 Å². The van der Waals surface area contributed by atoms with Crippen molar-refractivity contribution >= 4 is 46.2 Å². The molecule has 7 nitrogen and oxygen atoms in total. The van der Waals surface area contributed by atoms with Gasteiger partial charge in [-0.25, -0.2) is 4.85 Å². The molecule has 0 spiro atoms. The first-order valence-corrected chi connectivity index (χ1v) is 13.3. The quantitative estimate of drug-likeness (QED) is 0.250. The summed E-state index contributed by atoms with van der Waals surface area (Å²) in [7, 11) is 0. The highest BCUT2D eigenvalue weighted by Gasteiger charge is 2.49. The minimum Gasteiger partial charge on any atom is -0.493 e. The third-order valence-corrected chi connectivity index (χ3v) is 7.94. The van der Waals surface area contributed by atoms with E-state index in [9.17, 15) is 4.79 Å². The average Bonchev–Trinajstić information content (AvgIpc) is 3.04. The van der Waals surface area contributed by atoms with Gasteiger partial charge in [-0.1, -0.05) is 29.8 Å². The van der Waals surface area contributed by atoms with E-state index >= 15 is 0 Å². The van der Waals surface area contributed by atoms with Gasteiger partial charge in [0, 0.05) is 26.2 Å². The number of aryl methyl sites for hydroxylation is 1. The van der Waals surface area contributed by atoms with Gasteiger partial charge < -0.3 is 14.4 Å². The normalized spacial score (nSPS) is 17.8. The first-order valence-electron chi connectivity index (χ1n) is 12.5. The van der Waals surface area contributed by atoms with Crippen LogP contribution in [-0.4, -0.2) is 65.8 Å². The number of morpholine rings is 1. The van der Waals surface area contributed by atoms with Crippen LogP contribution in [-0.2, 0) is 16.1 Å². The third-order valence-electron chi connectivity index (χ3n) is 7.06. The first-order chi connectivity index (χ1) is 17.6. The molecule has 2 aliphatic rings. The predicted molar refractivity (Wildman–Crippen MR) is 151 cm³/mol. The fourth-order valence-corrected chi connectivity index (χ4v) is 5.51. The summed E-state index contributed by atoms with van der Waals surface area (Å²) in [5, 5.41) is 0.785. The van der Waals surface area contributed by atoms with Crippen molar-refractivity contribution in [2.75, 3.05) is 44.4 Å². The lowest BCUT2D eigenvalue weighted by molar-refractivity contribution is -0.123. The second kappa shape index (κ2) is 11.4. The fourth-order valence-electron chi connectivity index (χ4n) is 4.81. The smallest absolute Gasteiger partial charge is 0.258 e. The molecule has 2 fully saturated rings. The number of hydrogen-bond donors (Lipinski definition) is 0. The zero-order valence-corrected chi connectivity index (χ0v) is 23.4. The van der Waals surface area contributed by atoms with Crippen molar-refractivity contribution in [1.82, 2.24) is 9.80 Å². The van der Waals surface area contributed by atoms with E-state index in [1.54, 1.807) is 24.0 Å². The minimum atomic E-state index is -0.800. The number of amides is 1. The maximum atomic E-state index is 13.4. The molecule has 0 atom stereocenters. The maximum Gasteiger partial charge on any atom is 0.258 e. The van der Waals surface area contributed by atoms with Gasteiger partial charge in [0.1, 0.15) is 11.3 Å². The van der Waals surface area contributed by atoms with Gasteiger partial charge in [0.15, 0.2) is 5.11 Å². The van der Waals surface area contributed by atoms with E-state index in [-0.39, 0.29) is 5.91 Å². The predicted octanol–water partition coefficient (Wildman–Crippen LogP) is 5.52. The Balaban J connectivity index is 1.37. The largest absolute Gasteiger partial charge is 0.493 e. The lowest BCUT2D eigenvalue weighted by Crippen LogP contribution is -2.44. The topological polar surface area (TPSA) is 49.6 Å². The molecule has 4 rings (SSSR count). The molecule has 2 aromatic rings. The number of nitrogens with zero attached hydrogens (tertiary/aromatic N) is 4. The van der Waals surface area contributed by atoms with E-state index in [1.165, 1.54) is 5.56 Å². The molecule has 9 heteroatoms. The lowest BCUT2D eigenvalue weighted by Gasteiger charge is -2.29. The Morgan fingerprint density at radius 1 is 1.19 bits per heavy atom. The summed E-state index contributed by atoms with van der Waals surface area (Å²) in [6.07, 6.45) is 0.704. The molecule has 1 amide bonds. The molecule has 0 aliphatic carbocycles. The van der Waals surface area contributed by atoms with Crippen molar-refractivity contribution in [3.8, 4) is 5.75 Å². The molecule has 0 unspecified atom stereocenters. The molecule has 2 aromatic carbocycles. The average molecular weight is 541 g/mol. The highest BCUT2D eigenvalue weighted by atomic mass is 35.5.